The summed E-state index contributed by atoms with van der Waals surface area (Å²) in [5.41, 5.74) is -0.709. The second kappa shape index (κ2) is 3.99. The molecule has 0 unspecified atom stereocenters. The van der Waals surface area contributed by atoms with Gasteiger partial charge in [0.2, 0.25) is 0 Å². The maximum Gasteiger partial charge on any atom is 0.354 e. The third-order valence-corrected chi connectivity index (χ3v) is 2.51. The predicted octanol–water partition coefficient (Wildman–Crippen LogP) is 0.570. The SMILES string of the molecule is CC(C)(O)Cn1cc(C(=O)O)n2ccc(=O)cc12. The molecular weight excluding hydrogens is 236 g/mol. The van der Waals surface area contributed by atoms with E-state index in [0.29, 0.717) is 5.65 Å². The van der Waals surface area contributed by atoms with Crippen molar-refractivity contribution >= 4 is 11.6 Å². The maximum absolute atomic E-state index is 11.3. The first-order valence-corrected chi connectivity index (χ1v) is 5.45. The number of hydrogen-bond acceptors (Lipinski definition) is 3. The lowest BCUT2D eigenvalue weighted by molar-refractivity contribution is 0.0619. The number of aromatic nitrogens is 2. The normalized spacial score (nSPS) is 11.9. The minimum absolute atomic E-state index is 0.0502. The minimum atomic E-state index is -1.09. The predicted molar refractivity (Wildman–Crippen MR) is 64.9 cm³/mol. The van der Waals surface area contributed by atoms with E-state index in [9.17, 15) is 14.7 Å². The van der Waals surface area contributed by atoms with Crippen LogP contribution in [-0.2, 0) is 6.54 Å². The number of carbonyl (C=O) groups is 1. The molecular formula is C12H14N2O4. The van der Waals surface area contributed by atoms with Crippen LogP contribution < -0.4 is 5.43 Å². The Morgan fingerprint density at radius 2 is 2.11 bits per heavy atom. The van der Waals surface area contributed by atoms with Crippen LogP contribution >= 0.6 is 0 Å². The molecule has 0 spiro atoms. The molecule has 0 aliphatic carbocycles. The lowest BCUT2D eigenvalue weighted by Gasteiger charge is -2.18. The van der Waals surface area contributed by atoms with E-state index in [0.717, 1.165) is 0 Å². The summed E-state index contributed by atoms with van der Waals surface area (Å²) in [6, 6.07) is 2.64. The number of aromatic carboxylic acids is 1. The Morgan fingerprint density at radius 1 is 1.44 bits per heavy atom. The summed E-state index contributed by atoms with van der Waals surface area (Å²) in [7, 11) is 0. The van der Waals surface area contributed by atoms with Crippen molar-refractivity contribution in [3.63, 3.8) is 0 Å². The molecule has 0 bridgehead atoms. The van der Waals surface area contributed by atoms with Crippen molar-refractivity contribution in [2.45, 2.75) is 26.0 Å². The molecule has 0 saturated carbocycles. The highest BCUT2D eigenvalue weighted by Gasteiger charge is 2.19. The topological polar surface area (TPSA) is 83.9 Å². The molecule has 6 heteroatoms. The van der Waals surface area contributed by atoms with Gasteiger partial charge in [-0.2, -0.15) is 0 Å². The van der Waals surface area contributed by atoms with Gasteiger partial charge in [-0.1, -0.05) is 0 Å². The summed E-state index contributed by atoms with van der Waals surface area (Å²) < 4.78 is 2.97. The number of rotatable bonds is 3. The molecule has 0 aromatic carbocycles. The van der Waals surface area contributed by atoms with E-state index in [-0.39, 0.29) is 17.7 Å². The summed E-state index contributed by atoms with van der Waals surface area (Å²) in [6.45, 7) is 3.43. The molecule has 0 fully saturated rings. The quantitative estimate of drug-likeness (QED) is 0.834. The van der Waals surface area contributed by atoms with E-state index in [2.05, 4.69) is 0 Å². The average Bonchev–Trinajstić information content (AvgIpc) is 2.54. The van der Waals surface area contributed by atoms with Crippen molar-refractivity contribution in [1.29, 1.82) is 0 Å². The van der Waals surface area contributed by atoms with Crippen LogP contribution in [0.4, 0.5) is 0 Å². The fourth-order valence-corrected chi connectivity index (χ4v) is 1.87. The van der Waals surface area contributed by atoms with Crippen molar-refractivity contribution in [2.24, 2.45) is 0 Å². The molecule has 0 atom stereocenters. The number of aliphatic hydroxyl groups is 1. The van der Waals surface area contributed by atoms with Crippen LogP contribution in [0.15, 0.2) is 29.3 Å². The summed E-state index contributed by atoms with van der Waals surface area (Å²) >= 11 is 0. The number of fused-ring (bicyclic) bond motifs is 1. The number of carboxylic acid groups (broad SMARTS) is 1. The van der Waals surface area contributed by atoms with Gasteiger partial charge in [0, 0.05) is 24.5 Å². The Bertz CT molecular complexity index is 661. The molecule has 0 amide bonds. The minimum Gasteiger partial charge on any atom is -0.477 e. The van der Waals surface area contributed by atoms with E-state index in [1.807, 2.05) is 0 Å². The Balaban J connectivity index is 2.69. The first-order chi connectivity index (χ1) is 8.28. The van der Waals surface area contributed by atoms with E-state index < -0.39 is 11.6 Å². The van der Waals surface area contributed by atoms with E-state index >= 15 is 0 Å². The molecule has 2 heterocycles. The van der Waals surface area contributed by atoms with Crippen LogP contribution in [0.2, 0.25) is 0 Å². The monoisotopic (exact) mass is 250 g/mol. The zero-order valence-corrected chi connectivity index (χ0v) is 10.1. The van der Waals surface area contributed by atoms with Crippen LogP contribution in [0.25, 0.3) is 5.65 Å². The van der Waals surface area contributed by atoms with Gasteiger partial charge in [-0.3, -0.25) is 9.20 Å². The zero-order chi connectivity index (χ0) is 13.5. The fourth-order valence-electron chi connectivity index (χ4n) is 1.87. The molecule has 2 aromatic heterocycles. The van der Waals surface area contributed by atoms with E-state index in [1.54, 1.807) is 18.4 Å². The Hall–Kier alpha value is -2.08. The molecule has 0 aliphatic rings. The van der Waals surface area contributed by atoms with Gasteiger partial charge in [0.15, 0.2) is 5.43 Å². The second-order valence-corrected chi connectivity index (χ2v) is 4.85. The second-order valence-electron chi connectivity index (χ2n) is 4.85. The molecule has 96 valence electrons. The molecule has 0 saturated heterocycles. The third kappa shape index (κ3) is 2.28. The zero-order valence-electron chi connectivity index (χ0n) is 10.1. The van der Waals surface area contributed by atoms with Gasteiger partial charge in [0.1, 0.15) is 11.3 Å². The van der Waals surface area contributed by atoms with Crippen LogP contribution in [0.3, 0.4) is 0 Å². The van der Waals surface area contributed by atoms with Crippen LogP contribution in [-0.4, -0.2) is 30.8 Å². The lowest BCUT2D eigenvalue weighted by Crippen LogP contribution is -2.25. The number of carboxylic acids is 1. The summed E-state index contributed by atoms with van der Waals surface area (Å²) in [5.74, 6) is -1.09. The fraction of sp³-hybridized carbons (Fsp3) is 0.333. The summed E-state index contributed by atoms with van der Waals surface area (Å²) in [4.78, 5) is 22.4. The summed E-state index contributed by atoms with van der Waals surface area (Å²) in [6.07, 6.45) is 2.83. The van der Waals surface area contributed by atoms with Gasteiger partial charge in [0.25, 0.3) is 0 Å². The first-order valence-electron chi connectivity index (χ1n) is 5.45. The van der Waals surface area contributed by atoms with Crippen LogP contribution in [0.1, 0.15) is 24.3 Å². The van der Waals surface area contributed by atoms with Crippen molar-refractivity contribution < 1.29 is 15.0 Å². The van der Waals surface area contributed by atoms with Gasteiger partial charge in [-0.15, -0.1) is 0 Å². The largest absolute Gasteiger partial charge is 0.477 e. The number of hydrogen-bond donors (Lipinski definition) is 2. The van der Waals surface area contributed by atoms with Gasteiger partial charge < -0.3 is 14.8 Å². The van der Waals surface area contributed by atoms with Gasteiger partial charge >= 0.3 is 5.97 Å². The Labute approximate surface area is 103 Å². The average molecular weight is 250 g/mol. The highest BCUT2D eigenvalue weighted by atomic mass is 16.4. The van der Waals surface area contributed by atoms with Gasteiger partial charge in [-0.05, 0) is 13.8 Å². The van der Waals surface area contributed by atoms with E-state index in [1.165, 1.54) is 28.9 Å². The number of imidazole rings is 1. The molecule has 18 heavy (non-hydrogen) atoms. The van der Waals surface area contributed by atoms with Gasteiger partial charge in [0.05, 0.1) is 12.1 Å². The maximum atomic E-state index is 11.3. The smallest absolute Gasteiger partial charge is 0.354 e. The summed E-state index contributed by atoms with van der Waals surface area (Å²) in [5, 5.41) is 18.9. The molecule has 2 rings (SSSR count). The molecule has 2 N–H and O–H groups in total. The van der Waals surface area contributed by atoms with Gasteiger partial charge in [-0.25, -0.2) is 4.79 Å². The number of nitrogens with zero attached hydrogens (tertiary/aromatic N) is 2. The molecule has 6 nitrogen and oxygen atoms in total. The van der Waals surface area contributed by atoms with Crippen molar-refractivity contribution in [2.75, 3.05) is 0 Å². The van der Waals surface area contributed by atoms with Crippen LogP contribution in [0, 0.1) is 0 Å². The van der Waals surface area contributed by atoms with E-state index in [4.69, 9.17) is 5.11 Å². The highest BCUT2D eigenvalue weighted by Crippen LogP contribution is 2.14. The molecule has 0 aliphatic heterocycles. The third-order valence-electron chi connectivity index (χ3n) is 2.51. The number of pyridine rings is 1. The Morgan fingerprint density at radius 3 is 2.67 bits per heavy atom. The molecule has 0 radical (unpaired) electrons. The van der Waals surface area contributed by atoms with Crippen molar-refractivity contribution in [3.8, 4) is 0 Å². The Kier molecular flexibility index (Phi) is 2.74. The van der Waals surface area contributed by atoms with Crippen molar-refractivity contribution in [1.82, 2.24) is 8.97 Å². The van der Waals surface area contributed by atoms with Crippen molar-refractivity contribution in [3.05, 3.63) is 40.4 Å². The van der Waals surface area contributed by atoms with Crippen LogP contribution in [0.5, 0.6) is 0 Å². The lowest BCUT2D eigenvalue weighted by atomic mass is 10.1. The molecule has 2 aromatic rings. The first kappa shape index (κ1) is 12.4. The standard InChI is InChI=1S/C12H14N2O4/c1-12(2,18)7-13-6-9(11(16)17)14-4-3-8(15)5-10(13)14/h3-6,18H,7H2,1-2H3,(H,16,17). The highest BCUT2D eigenvalue weighted by molar-refractivity contribution is 5.86.